The first-order chi connectivity index (χ1) is 9.35. The summed E-state index contributed by atoms with van der Waals surface area (Å²) < 4.78 is 11.0. The van der Waals surface area contributed by atoms with Crippen molar-refractivity contribution in [3.05, 3.63) is 29.8 Å². The van der Waals surface area contributed by atoms with Gasteiger partial charge in [-0.25, -0.2) is 0 Å². The van der Waals surface area contributed by atoms with Gasteiger partial charge in [-0.2, -0.15) is 0 Å². The van der Waals surface area contributed by atoms with Gasteiger partial charge in [0.1, 0.15) is 17.9 Å². The minimum Gasteiger partial charge on any atom is -0.496 e. The van der Waals surface area contributed by atoms with Crippen molar-refractivity contribution in [2.75, 3.05) is 20.8 Å². The lowest BCUT2D eigenvalue weighted by Crippen LogP contribution is -2.93. The highest BCUT2D eigenvalue weighted by Crippen LogP contribution is 2.19. The Morgan fingerprint density at radius 3 is 2.74 bits per heavy atom. The number of nitrogens with two attached hydrogens (primary N) is 1. The molecule has 0 saturated heterocycles. The van der Waals surface area contributed by atoms with Gasteiger partial charge in [0.25, 0.3) is 0 Å². The molecular weight excluding hydrogens is 238 g/mol. The lowest BCUT2D eigenvalue weighted by Gasteiger charge is -2.28. The van der Waals surface area contributed by atoms with Crippen molar-refractivity contribution in [3.8, 4) is 5.75 Å². The van der Waals surface area contributed by atoms with E-state index in [0.29, 0.717) is 12.1 Å². The molecule has 0 heterocycles. The first-order valence-corrected chi connectivity index (χ1v) is 7.33. The molecule has 0 amide bonds. The maximum Gasteiger partial charge on any atom is 0.122 e. The molecule has 2 rings (SSSR count). The summed E-state index contributed by atoms with van der Waals surface area (Å²) >= 11 is 0. The van der Waals surface area contributed by atoms with E-state index in [1.165, 1.54) is 31.2 Å². The van der Waals surface area contributed by atoms with Crippen LogP contribution in [0.5, 0.6) is 5.75 Å². The summed E-state index contributed by atoms with van der Waals surface area (Å²) in [5, 5.41) is 2.46. The van der Waals surface area contributed by atoms with Gasteiger partial charge < -0.3 is 14.8 Å². The maximum atomic E-state index is 5.60. The maximum absolute atomic E-state index is 5.60. The summed E-state index contributed by atoms with van der Waals surface area (Å²) in [5.41, 5.74) is 1.30. The number of hydrogen-bond donors (Lipinski definition) is 1. The zero-order chi connectivity index (χ0) is 13.5. The van der Waals surface area contributed by atoms with Crippen molar-refractivity contribution in [2.24, 2.45) is 0 Å². The Morgan fingerprint density at radius 2 is 1.95 bits per heavy atom. The van der Waals surface area contributed by atoms with E-state index in [0.717, 1.165) is 18.7 Å². The number of methoxy groups -OCH3 is 2. The molecule has 3 heteroatoms. The second kappa shape index (κ2) is 7.51. The monoisotopic (exact) mass is 264 g/mol. The van der Waals surface area contributed by atoms with Crippen LogP contribution in [0.15, 0.2) is 24.3 Å². The van der Waals surface area contributed by atoms with Crippen LogP contribution in [-0.4, -0.2) is 32.9 Å². The average Bonchev–Trinajstić information content (AvgIpc) is 2.48. The van der Waals surface area contributed by atoms with Crippen LogP contribution in [0.1, 0.15) is 31.2 Å². The van der Waals surface area contributed by atoms with Crippen LogP contribution in [0, 0.1) is 0 Å². The summed E-state index contributed by atoms with van der Waals surface area (Å²) in [4.78, 5) is 0. The van der Waals surface area contributed by atoms with Gasteiger partial charge in [0, 0.05) is 20.0 Å². The predicted molar refractivity (Wildman–Crippen MR) is 76.5 cm³/mol. The molecule has 0 spiro atoms. The fourth-order valence-corrected chi connectivity index (χ4v) is 3.05. The number of hydrogen-bond acceptors (Lipinski definition) is 2. The molecule has 0 radical (unpaired) electrons. The third kappa shape index (κ3) is 3.95. The van der Waals surface area contributed by atoms with Crippen LogP contribution < -0.4 is 10.1 Å². The van der Waals surface area contributed by atoms with Crippen LogP contribution in [-0.2, 0) is 11.2 Å². The smallest absolute Gasteiger partial charge is 0.122 e. The Morgan fingerprint density at radius 1 is 1.16 bits per heavy atom. The summed E-state index contributed by atoms with van der Waals surface area (Å²) in [6.07, 6.45) is 6.64. The largest absolute Gasteiger partial charge is 0.496 e. The Hall–Kier alpha value is -1.06. The van der Waals surface area contributed by atoms with Crippen LogP contribution in [0.2, 0.25) is 0 Å². The van der Waals surface area contributed by atoms with Crippen LogP contribution in [0.3, 0.4) is 0 Å². The Bertz CT molecular complexity index is 381. The number of para-hydroxylation sites is 1. The van der Waals surface area contributed by atoms with Gasteiger partial charge in [0.15, 0.2) is 0 Å². The minimum absolute atomic E-state index is 0.436. The van der Waals surface area contributed by atoms with Gasteiger partial charge in [0.2, 0.25) is 0 Å². The third-order valence-corrected chi connectivity index (χ3v) is 4.13. The average molecular weight is 264 g/mol. The molecular formula is C16H26NO2+. The number of benzene rings is 1. The van der Waals surface area contributed by atoms with Gasteiger partial charge >= 0.3 is 0 Å². The zero-order valence-corrected chi connectivity index (χ0v) is 12.1. The van der Waals surface area contributed by atoms with Crippen molar-refractivity contribution in [1.29, 1.82) is 0 Å². The van der Waals surface area contributed by atoms with Crippen molar-refractivity contribution in [2.45, 2.75) is 44.2 Å². The van der Waals surface area contributed by atoms with E-state index < -0.39 is 0 Å². The zero-order valence-electron chi connectivity index (χ0n) is 12.1. The fraction of sp³-hybridized carbons (Fsp3) is 0.625. The number of quaternary nitrogens is 1. The summed E-state index contributed by atoms with van der Waals surface area (Å²) in [6.45, 7) is 1.10. The van der Waals surface area contributed by atoms with E-state index in [-0.39, 0.29) is 0 Å². The van der Waals surface area contributed by atoms with Crippen molar-refractivity contribution in [3.63, 3.8) is 0 Å². The molecule has 0 aliphatic heterocycles. The molecule has 2 unspecified atom stereocenters. The normalized spacial score (nSPS) is 23.3. The SMILES string of the molecule is COc1ccccc1CC[NH2+]C1CCCCC1OC. The molecule has 1 aliphatic rings. The van der Waals surface area contributed by atoms with Crippen molar-refractivity contribution in [1.82, 2.24) is 0 Å². The molecule has 1 fully saturated rings. The molecule has 2 atom stereocenters. The molecule has 1 aromatic carbocycles. The van der Waals surface area contributed by atoms with Crippen LogP contribution >= 0.6 is 0 Å². The lowest BCUT2D eigenvalue weighted by molar-refractivity contribution is -0.698. The molecule has 0 bridgehead atoms. The van der Waals surface area contributed by atoms with E-state index in [4.69, 9.17) is 9.47 Å². The summed E-state index contributed by atoms with van der Waals surface area (Å²) in [5.74, 6) is 1.00. The van der Waals surface area contributed by atoms with E-state index in [9.17, 15) is 0 Å². The topological polar surface area (TPSA) is 35.1 Å². The molecule has 1 aromatic rings. The predicted octanol–water partition coefficient (Wildman–Crippen LogP) is 1.76. The van der Waals surface area contributed by atoms with Gasteiger partial charge in [-0.15, -0.1) is 0 Å². The third-order valence-electron chi connectivity index (χ3n) is 4.13. The number of rotatable bonds is 6. The Labute approximate surface area is 116 Å². The quantitative estimate of drug-likeness (QED) is 0.849. The van der Waals surface area contributed by atoms with E-state index in [2.05, 4.69) is 17.4 Å². The van der Waals surface area contributed by atoms with Crippen molar-refractivity contribution < 1.29 is 14.8 Å². The van der Waals surface area contributed by atoms with E-state index in [1.807, 2.05) is 19.2 Å². The highest BCUT2D eigenvalue weighted by atomic mass is 16.5. The summed E-state index contributed by atoms with van der Waals surface area (Å²) in [6, 6.07) is 8.92. The molecule has 2 N–H and O–H groups in total. The minimum atomic E-state index is 0.436. The second-order valence-electron chi connectivity index (χ2n) is 5.31. The fourth-order valence-electron chi connectivity index (χ4n) is 3.05. The highest BCUT2D eigenvalue weighted by molar-refractivity contribution is 5.33. The molecule has 3 nitrogen and oxygen atoms in total. The molecule has 19 heavy (non-hydrogen) atoms. The molecule has 1 aliphatic carbocycles. The molecule has 106 valence electrons. The molecule has 0 aromatic heterocycles. The summed E-state index contributed by atoms with van der Waals surface area (Å²) in [7, 11) is 3.59. The van der Waals surface area contributed by atoms with Gasteiger partial charge in [-0.3, -0.25) is 0 Å². The van der Waals surface area contributed by atoms with Crippen LogP contribution in [0.4, 0.5) is 0 Å². The lowest BCUT2D eigenvalue weighted by atomic mass is 9.92. The van der Waals surface area contributed by atoms with Gasteiger partial charge in [0.05, 0.1) is 13.7 Å². The second-order valence-corrected chi connectivity index (χ2v) is 5.31. The van der Waals surface area contributed by atoms with Crippen molar-refractivity contribution >= 4 is 0 Å². The first-order valence-electron chi connectivity index (χ1n) is 7.33. The van der Waals surface area contributed by atoms with Gasteiger partial charge in [-0.05, 0) is 24.5 Å². The van der Waals surface area contributed by atoms with Gasteiger partial charge in [-0.1, -0.05) is 24.6 Å². The first kappa shape index (κ1) is 14.4. The van der Waals surface area contributed by atoms with E-state index >= 15 is 0 Å². The Kier molecular flexibility index (Phi) is 5.67. The molecule has 1 saturated carbocycles. The standard InChI is InChI=1S/C16H25NO2/c1-18-15-9-5-3-7-13(15)11-12-17-14-8-4-6-10-16(14)19-2/h3,5,7,9,14,16-17H,4,6,8,10-12H2,1-2H3/p+1. The highest BCUT2D eigenvalue weighted by Gasteiger charge is 2.27. The van der Waals surface area contributed by atoms with E-state index in [1.54, 1.807) is 7.11 Å². The Balaban J connectivity index is 1.82. The number of ether oxygens (including phenoxy) is 2. The van der Waals surface area contributed by atoms with Crippen LogP contribution in [0.25, 0.3) is 0 Å².